The number of hydrogen-bond acceptors (Lipinski definition) is 28. The van der Waals surface area contributed by atoms with Crippen molar-refractivity contribution >= 4 is 143 Å². The average Bonchev–Trinajstić information content (AvgIpc) is 1.61. The molecule has 0 amide bonds. The Morgan fingerprint density at radius 1 is 0.354 bits per heavy atom. The number of aliphatic imine (C=N–C) groups is 2. The van der Waals surface area contributed by atoms with E-state index in [1.165, 1.54) is 34.8 Å². The van der Waals surface area contributed by atoms with Gasteiger partial charge in [-0.15, -0.1) is 22.7 Å². The van der Waals surface area contributed by atoms with Crippen molar-refractivity contribution in [2.75, 3.05) is 39.6 Å². The molecule has 12 rings (SSSR count). The highest BCUT2D eigenvalue weighted by molar-refractivity contribution is 7.78. The van der Waals surface area contributed by atoms with Crippen LogP contribution in [0.25, 0.3) is 41.1 Å². The minimum Gasteiger partial charge on any atom is -0.507 e. The van der Waals surface area contributed by atoms with Crippen molar-refractivity contribution in [2.45, 2.75) is 168 Å². The molecule has 3 aliphatic rings. The van der Waals surface area contributed by atoms with Gasteiger partial charge in [0.05, 0.1) is 106 Å². The molecule has 3 N–H and O–H groups in total. The highest BCUT2D eigenvalue weighted by Gasteiger charge is 2.36. The number of esters is 8. The van der Waals surface area contributed by atoms with Crippen LogP contribution in [-0.2, 0) is 57.4 Å². The number of carboxylic acid groups (broad SMARTS) is 1. The van der Waals surface area contributed by atoms with Gasteiger partial charge in [-0.2, -0.15) is 9.98 Å². The summed E-state index contributed by atoms with van der Waals surface area (Å²) in [7, 11) is 0. The van der Waals surface area contributed by atoms with Crippen LogP contribution in [0.5, 0.6) is 57.5 Å². The summed E-state index contributed by atoms with van der Waals surface area (Å²) < 4.78 is 62.9. The molecule has 2 aromatic heterocycles. The van der Waals surface area contributed by atoms with Crippen LogP contribution in [0, 0.1) is 49.4 Å². The molecular formula is C101H108N2O23S4. The first-order valence-corrected chi connectivity index (χ1v) is 46.2. The molecular weight excluding hydrogens is 1740 g/mol. The third-order valence-corrected chi connectivity index (χ3v) is 25.4. The molecule has 0 aliphatic heterocycles. The zero-order chi connectivity index (χ0) is 92.7. The molecule has 684 valence electrons. The van der Waals surface area contributed by atoms with Gasteiger partial charge >= 0.3 is 53.7 Å². The Kier molecular flexibility index (Phi) is 40.0. The summed E-state index contributed by atoms with van der Waals surface area (Å²) in [6, 6.07) is 42.2. The molecule has 0 radical (unpaired) electrons. The van der Waals surface area contributed by atoms with E-state index in [4.69, 9.17) is 69.4 Å². The van der Waals surface area contributed by atoms with E-state index in [2.05, 4.69) is 52.3 Å². The molecule has 130 heavy (non-hydrogen) atoms. The number of carbonyl (C=O) groups is 9. The number of rotatable bonds is 42. The summed E-state index contributed by atoms with van der Waals surface area (Å²) in [6.45, 7) is 16.8. The Bertz CT molecular complexity index is 5460. The number of isothiocyanates is 2. The van der Waals surface area contributed by atoms with Crippen molar-refractivity contribution in [3.63, 3.8) is 0 Å². The van der Waals surface area contributed by atoms with Crippen molar-refractivity contribution in [2.24, 2.45) is 45.5 Å². The lowest BCUT2D eigenvalue weighted by molar-refractivity contribution is -0.146. The quantitative estimate of drug-likeness (QED) is 0.00467. The lowest BCUT2D eigenvalue weighted by atomic mass is 9.82. The first kappa shape index (κ1) is 99.7. The summed E-state index contributed by atoms with van der Waals surface area (Å²) in [5.41, 5.74) is 5.09. The van der Waals surface area contributed by atoms with Crippen molar-refractivity contribution < 1.29 is 111 Å². The Hall–Kier alpha value is -12.5. The van der Waals surface area contributed by atoms with E-state index in [9.17, 15) is 53.4 Å². The molecule has 25 nitrogen and oxygen atoms in total. The van der Waals surface area contributed by atoms with Crippen LogP contribution in [0.2, 0.25) is 0 Å². The summed E-state index contributed by atoms with van der Waals surface area (Å²) in [4.78, 5) is 121. The third kappa shape index (κ3) is 30.6. The molecule has 0 atom stereocenters. The molecule has 2 heterocycles. The molecule has 3 fully saturated rings. The Morgan fingerprint density at radius 3 is 0.962 bits per heavy atom. The van der Waals surface area contributed by atoms with Gasteiger partial charge in [0, 0.05) is 38.8 Å². The van der Waals surface area contributed by atoms with E-state index in [0.29, 0.717) is 189 Å². The van der Waals surface area contributed by atoms with Crippen molar-refractivity contribution in [1.29, 1.82) is 0 Å². The first-order chi connectivity index (χ1) is 63.0. The predicted molar refractivity (Wildman–Crippen MR) is 504 cm³/mol. The number of thiophene rings is 2. The topological polar surface area (TPSA) is 341 Å². The van der Waals surface area contributed by atoms with E-state index < -0.39 is 47.7 Å². The maximum atomic E-state index is 13.9. The summed E-state index contributed by atoms with van der Waals surface area (Å²) in [5.74, 6) is -1.64. The smallest absolute Gasteiger partial charge is 0.330 e. The second-order valence-electron chi connectivity index (χ2n) is 31.6. The van der Waals surface area contributed by atoms with Crippen LogP contribution in [0.15, 0.2) is 194 Å². The standard InChI is InChI=1S/C62H67NO14S2.C23H30O7.C16H11NO2S2/c1-4-54(64)72-38-12-8-6-10-36-70-48-26-30-50(31-27-48)74-59(66)43-14-18-45(19-15-43)61(68)76-52-34-35-53(58-56(52)41(3)57(79-58)42-22-24-47(25-23-42)63-40-78)77-62(69)46-20-16-44(17-21-46)60(67)75-51-32-28-49(29-33-51)71-37-11-7-9-13-39-73-55(65)5-2;1-2-21(24)29-16-6-4-3-5-15-28-19-11-13-20(14-12-19)30-23(27)18-9-7-17(8-10-18)22(25)26;1-9-14-12(18)6-7-13(19)16(14)21-15(9)10-2-4-11(5-3-10)17-8-20/h4-5,22-35,43-46H,1-2,6-21,36-39H2,3H3;2,11-14,17-18H,1,3-10,15-16H2,(H,25,26);2-7,18-19H,1H3. The number of hydrogen-bond donors (Lipinski definition) is 3. The Balaban J connectivity index is 0.000000276. The van der Waals surface area contributed by atoms with Crippen LogP contribution in [-0.4, -0.2) is 119 Å². The van der Waals surface area contributed by atoms with Gasteiger partial charge < -0.3 is 67.4 Å². The number of unbranched alkanes of at least 4 members (excludes halogenated alkanes) is 9. The van der Waals surface area contributed by atoms with Crippen LogP contribution in [0.3, 0.4) is 0 Å². The number of thiocarbonyl (C=S) groups is 2. The fraction of sp³-hybridized carbons (Fsp3) is 0.376. The van der Waals surface area contributed by atoms with Crippen LogP contribution in [0.4, 0.5) is 11.4 Å². The van der Waals surface area contributed by atoms with Gasteiger partial charge in [0.2, 0.25) is 0 Å². The van der Waals surface area contributed by atoms with Gasteiger partial charge in [0.1, 0.15) is 57.5 Å². The van der Waals surface area contributed by atoms with Gasteiger partial charge in [0.25, 0.3) is 0 Å². The average molecular weight is 1850 g/mol. The van der Waals surface area contributed by atoms with Gasteiger partial charge in [-0.05, 0) is 336 Å². The maximum absolute atomic E-state index is 13.9. The number of aromatic hydroxyl groups is 2. The monoisotopic (exact) mass is 1840 g/mol. The number of aliphatic carboxylic acids is 1. The van der Waals surface area contributed by atoms with Crippen LogP contribution < -0.4 is 37.9 Å². The molecule has 7 aromatic carbocycles. The number of phenols is 2. The molecule has 0 bridgehead atoms. The van der Waals surface area contributed by atoms with Gasteiger partial charge in [-0.3, -0.25) is 28.8 Å². The predicted octanol–water partition coefficient (Wildman–Crippen LogP) is 22.8. The van der Waals surface area contributed by atoms with E-state index in [1.807, 2.05) is 62.4 Å². The Labute approximate surface area is 774 Å². The molecule has 0 spiro atoms. The zero-order valence-corrected chi connectivity index (χ0v) is 76.2. The molecule has 9 aromatic rings. The lowest BCUT2D eigenvalue weighted by Crippen LogP contribution is -2.30. The van der Waals surface area contributed by atoms with E-state index in [-0.39, 0.29) is 53.1 Å². The number of nitrogens with zero attached hydrogens (tertiary/aromatic N) is 2. The molecule has 0 unspecified atom stereocenters. The number of benzene rings is 7. The van der Waals surface area contributed by atoms with E-state index >= 15 is 0 Å². The van der Waals surface area contributed by atoms with Crippen molar-refractivity contribution in [1.82, 2.24) is 0 Å². The molecule has 3 aliphatic carbocycles. The van der Waals surface area contributed by atoms with Crippen LogP contribution >= 0.6 is 47.1 Å². The first-order valence-electron chi connectivity index (χ1n) is 43.8. The van der Waals surface area contributed by atoms with Gasteiger partial charge in [-0.25, -0.2) is 14.4 Å². The molecule has 3 saturated carbocycles. The highest BCUT2D eigenvalue weighted by Crippen LogP contribution is 2.49. The van der Waals surface area contributed by atoms with E-state index in [1.54, 1.807) is 84.9 Å². The number of ether oxygens (including phenoxy) is 11. The summed E-state index contributed by atoms with van der Waals surface area (Å²) in [5, 5.41) is 35.1. The minimum atomic E-state index is -0.786. The van der Waals surface area contributed by atoms with Crippen molar-refractivity contribution in [3.05, 3.63) is 195 Å². The largest absolute Gasteiger partial charge is 0.507 e. The second kappa shape index (κ2) is 52.2. The number of carboxylic acids is 1. The van der Waals surface area contributed by atoms with E-state index in [0.717, 1.165) is 133 Å². The second-order valence-corrected chi connectivity index (χ2v) is 34.0. The fourth-order valence-electron chi connectivity index (χ4n) is 15.2. The normalized spacial score (nSPS) is 16.1. The Morgan fingerprint density at radius 2 is 0.638 bits per heavy atom. The van der Waals surface area contributed by atoms with Crippen LogP contribution in [0.1, 0.15) is 165 Å². The minimum absolute atomic E-state index is 0.184. The zero-order valence-electron chi connectivity index (χ0n) is 72.9. The van der Waals surface area contributed by atoms with Crippen molar-refractivity contribution in [3.8, 4) is 78.4 Å². The molecule has 29 heteroatoms. The highest BCUT2D eigenvalue weighted by atomic mass is 32.1. The maximum Gasteiger partial charge on any atom is 0.330 e. The van der Waals surface area contributed by atoms with Gasteiger partial charge in [0.15, 0.2) is 0 Å². The van der Waals surface area contributed by atoms with Gasteiger partial charge in [-0.1, -0.05) is 44.0 Å². The number of fused-ring (bicyclic) bond motifs is 2. The SMILES string of the molecule is C=CC(=O)OCCCCCCOc1ccc(OC(=O)C2CCC(C(=O)O)CC2)cc1.C=CC(=O)OCCCCCCOc1ccc(OC(=O)C2CCC(C(=O)Oc3ccc(OC(=O)C4CCC(C(=O)Oc5ccc(OCCCCCCOC(=O)C=C)cc5)CC4)c4c(C)c(-c5ccc(N=C=S)cc5)sc34)CC2)cc1.Cc1c(-c2ccc(N=C=S)cc2)sc2c(O)ccc(O)c12. The molecule has 0 saturated heterocycles. The third-order valence-electron chi connectivity index (χ3n) is 22.5. The lowest BCUT2D eigenvalue weighted by Gasteiger charge is -2.26. The number of carbonyl (C=O) groups excluding carboxylic acids is 8. The number of aryl methyl sites for hydroxylation is 2. The summed E-state index contributed by atoms with van der Waals surface area (Å²) >= 11 is 12.3. The fourth-order valence-corrected chi connectivity index (χ4v) is 18.0. The summed E-state index contributed by atoms with van der Waals surface area (Å²) in [6.07, 6.45) is 19.8. The number of phenolic OH excluding ortho intramolecular Hbond substituents is 2.